The summed E-state index contributed by atoms with van der Waals surface area (Å²) in [5.41, 5.74) is 0. The van der Waals surface area contributed by atoms with Crippen LogP contribution in [0.15, 0.2) is 0 Å². The van der Waals surface area contributed by atoms with Crippen molar-refractivity contribution in [2.45, 2.75) is 11.0 Å². The first-order valence-electron chi connectivity index (χ1n) is 5.94. The standard InChI is InChI=1S/C11H22O6S2/c1-11(18,19)10(13)17-9-8-16-7-6-15-5-4-14-3-2-12/h12,18-19H,2-9H2,1H3. The zero-order valence-electron chi connectivity index (χ0n) is 11.0. The molecule has 0 unspecified atom stereocenters. The van der Waals surface area contributed by atoms with Crippen LogP contribution in [0, 0.1) is 0 Å². The fourth-order valence-electron chi connectivity index (χ4n) is 0.936. The maximum absolute atomic E-state index is 11.2. The first-order chi connectivity index (χ1) is 8.98. The van der Waals surface area contributed by atoms with E-state index >= 15 is 0 Å². The highest BCUT2D eigenvalue weighted by atomic mass is 32.2. The van der Waals surface area contributed by atoms with Crippen LogP contribution in [-0.4, -0.2) is 68.0 Å². The van der Waals surface area contributed by atoms with Crippen molar-refractivity contribution in [2.75, 3.05) is 52.9 Å². The van der Waals surface area contributed by atoms with Crippen LogP contribution in [0.1, 0.15) is 6.92 Å². The van der Waals surface area contributed by atoms with Crippen molar-refractivity contribution in [1.82, 2.24) is 0 Å². The quantitative estimate of drug-likeness (QED) is 0.206. The van der Waals surface area contributed by atoms with Gasteiger partial charge in [-0.05, 0) is 6.92 Å². The second-order valence-corrected chi connectivity index (χ2v) is 5.86. The van der Waals surface area contributed by atoms with Crippen LogP contribution in [0.4, 0.5) is 0 Å². The van der Waals surface area contributed by atoms with E-state index in [1.165, 1.54) is 6.92 Å². The molecule has 1 N–H and O–H groups in total. The Morgan fingerprint density at radius 2 is 1.37 bits per heavy atom. The Labute approximate surface area is 124 Å². The van der Waals surface area contributed by atoms with Crippen LogP contribution in [0.5, 0.6) is 0 Å². The molecule has 0 aromatic heterocycles. The molecule has 0 radical (unpaired) electrons. The predicted octanol–water partition coefficient (Wildman–Crippen LogP) is 0.147. The number of carbonyl (C=O) groups is 1. The topological polar surface area (TPSA) is 74.2 Å². The van der Waals surface area contributed by atoms with Crippen molar-refractivity contribution >= 4 is 31.2 Å². The molecule has 0 aromatic carbocycles. The van der Waals surface area contributed by atoms with Gasteiger partial charge in [0, 0.05) is 0 Å². The predicted molar refractivity (Wildman–Crippen MR) is 76.9 cm³/mol. The van der Waals surface area contributed by atoms with Gasteiger partial charge in [0.15, 0.2) is 4.08 Å². The van der Waals surface area contributed by atoms with Gasteiger partial charge in [-0.25, -0.2) is 4.79 Å². The molecule has 19 heavy (non-hydrogen) atoms. The number of hydrogen-bond acceptors (Lipinski definition) is 8. The van der Waals surface area contributed by atoms with Crippen molar-refractivity contribution in [3.05, 3.63) is 0 Å². The Morgan fingerprint density at radius 1 is 0.947 bits per heavy atom. The fraction of sp³-hybridized carbons (Fsp3) is 0.909. The van der Waals surface area contributed by atoms with Gasteiger partial charge in [-0.15, -0.1) is 0 Å². The van der Waals surface area contributed by atoms with Crippen molar-refractivity contribution < 1.29 is 28.8 Å². The second-order valence-electron chi connectivity index (χ2n) is 3.72. The third-order valence-electron chi connectivity index (χ3n) is 1.83. The Bertz CT molecular complexity index is 232. The van der Waals surface area contributed by atoms with E-state index in [9.17, 15) is 4.79 Å². The van der Waals surface area contributed by atoms with Gasteiger partial charge >= 0.3 is 5.97 Å². The number of rotatable bonds is 12. The lowest BCUT2D eigenvalue weighted by molar-refractivity contribution is -0.145. The van der Waals surface area contributed by atoms with Crippen molar-refractivity contribution in [1.29, 1.82) is 0 Å². The lowest BCUT2D eigenvalue weighted by Gasteiger charge is -2.14. The number of esters is 1. The summed E-state index contributed by atoms with van der Waals surface area (Å²) in [6.07, 6.45) is 0. The van der Waals surface area contributed by atoms with Gasteiger partial charge < -0.3 is 24.1 Å². The third kappa shape index (κ3) is 12.8. The normalized spacial score (nSPS) is 11.6. The Hall–Kier alpha value is 0.01000. The average molecular weight is 314 g/mol. The molecule has 0 atom stereocenters. The largest absolute Gasteiger partial charge is 0.462 e. The maximum atomic E-state index is 11.2. The molecule has 0 spiro atoms. The maximum Gasteiger partial charge on any atom is 0.331 e. The molecular formula is C11H22O6S2. The lowest BCUT2D eigenvalue weighted by atomic mass is 10.5. The van der Waals surface area contributed by atoms with Crippen LogP contribution in [0.3, 0.4) is 0 Å². The zero-order valence-corrected chi connectivity index (χ0v) is 12.8. The first-order valence-corrected chi connectivity index (χ1v) is 6.84. The monoisotopic (exact) mass is 314 g/mol. The van der Waals surface area contributed by atoms with Gasteiger partial charge in [0.2, 0.25) is 0 Å². The molecule has 6 nitrogen and oxygen atoms in total. The van der Waals surface area contributed by atoms with Crippen LogP contribution in [0.2, 0.25) is 0 Å². The van der Waals surface area contributed by atoms with Crippen LogP contribution < -0.4 is 0 Å². The minimum Gasteiger partial charge on any atom is -0.462 e. The van der Waals surface area contributed by atoms with Crippen LogP contribution >= 0.6 is 25.3 Å². The number of thiol groups is 2. The molecule has 0 saturated heterocycles. The zero-order chi connectivity index (χ0) is 14.6. The molecule has 0 aliphatic carbocycles. The van der Waals surface area contributed by atoms with E-state index in [1.54, 1.807) is 0 Å². The number of aliphatic hydroxyl groups excluding tert-OH is 1. The third-order valence-corrected chi connectivity index (χ3v) is 2.19. The van der Waals surface area contributed by atoms with Crippen molar-refractivity contribution in [3.8, 4) is 0 Å². The summed E-state index contributed by atoms with van der Waals surface area (Å²) in [5.74, 6) is -0.500. The summed E-state index contributed by atoms with van der Waals surface area (Å²) in [7, 11) is 0. The number of carbonyl (C=O) groups excluding carboxylic acids is 1. The van der Waals surface area contributed by atoms with Crippen molar-refractivity contribution in [2.24, 2.45) is 0 Å². The van der Waals surface area contributed by atoms with Gasteiger partial charge in [0.25, 0.3) is 0 Å². The van der Waals surface area contributed by atoms with Gasteiger partial charge in [-0.1, -0.05) is 0 Å². The summed E-state index contributed by atoms with van der Waals surface area (Å²) in [6.45, 7) is 4.08. The van der Waals surface area contributed by atoms with Crippen LogP contribution in [0.25, 0.3) is 0 Å². The number of aliphatic hydroxyl groups is 1. The van der Waals surface area contributed by atoms with Gasteiger partial charge in [-0.2, -0.15) is 25.3 Å². The summed E-state index contributed by atoms with van der Waals surface area (Å²) >= 11 is 7.91. The average Bonchev–Trinajstić information content (AvgIpc) is 2.34. The Kier molecular flexibility index (Phi) is 11.8. The smallest absolute Gasteiger partial charge is 0.331 e. The van der Waals surface area contributed by atoms with E-state index in [1.807, 2.05) is 0 Å². The van der Waals surface area contributed by atoms with Gasteiger partial charge in [0.05, 0.1) is 46.2 Å². The molecule has 0 amide bonds. The highest BCUT2D eigenvalue weighted by Gasteiger charge is 2.25. The second kappa shape index (κ2) is 11.8. The summed E-state index contributed by atoms with van der Waals surface area (Å²) in [6, 6.07) is 0. The van der Waals surface area contributed by atoms with Gasteiger partial charge in [-0.3, -0.25) is 0 Å². The molecular weight excluding hydrogens is 292 g/mol. The number of ether oxygens (including phenoxy) is 4. The molecule has 114 valence electrons. The van der Waals surface area contributed by atoms with E-state index in [0.29, 0.717) is 39.6 Å². The molecule has 0 aliphatic heterocycles. The van der Waals surface area contributed by atoms with Crippen molar-refractivity contribution in [3.63, 3.8) is 0 Å². The summed E-state index contributed by atoms with van der Waals surface area (Å²) in [4.78, 5) is 11.2. The highest BCUT2D eigenvalue weighted by Crippen LogP contribution is 2.19. The Balaban J connectivity index is 3.17. The summed E-state index contributed by atoms with van der Waals surface area (Å²) in [5, 5.41) is 8.45. The first kappa shape index (κ1) is 19.0. The fourth-order valence-corrected chi connectivity index (χ4v) is 1.07. The minimum absolute atomic E-state index is 0.0133. The van der Waals surface area contributed by atoms with Crippen LogP contribution in [-0.2, 0) is 23.7 Å². The molecule has 8 heteroatoms. The van der Waals surface area contributed by atoms with E-state index in [2.05, 4.69) is 25.3 Å². The Morgan fingerprint density at radius 3 is 1.79 bits per heavy atom. The molecule has 0 fully saturated rings. The molecule has 0 saturated carbocycles. The highest BCUT2D eigenvalue weighted by molar-refractivity contribution is 8.01. The van der Waals surface area contributed by atoms with E-state index in [4.69, 9.17) is 24.1 Å². The SMILES string of the molecule is CC(S)(S)C(=O)OCCOCCOCCOCCO. The molecule has 0 aromatic rings. The minimum atomic E-state index is -1.09. The molecule has 0 aliphatic rings. The molecule has 0 bridgehead atoms. The summed E-state index contributed by atoms with van der Waals surface area (Å²) < 4.78 is 19.2. The van der Waals surface area contributed by atoms with E-state index in [-0.39, 0.29) is 13.2 Å². The lowest BCUT2D eigenvalue weighted by Crippen LogP contribution is -2.26. The van der Waals surface area contributed by atoms with E-state index < -0.39 is 10.0 Å². The van der Waals surface area contributed by atoms with E-state index in [0.717, 1.165) is 0 Å². The molecule has 0 heterocycles. The molecule has 0 rings (SSSR count). The number of hydrogen-bond donors (Lipinski definition) is 3. The van der Waals surface area contributed by atoms with Gasteiger partial charge in [0.1, 0.15) is 6.61 Å².